The third-order valence-electron chi connectivity index (χ3n) is 4.38. The van der Waals surface area contributed by atoms with E-state index in [0.29, 0.717) is 5.56 Å². The molecule has 0 aliphatic rings. The van der Waals surface area contributed by atoms with Crippen LogP contribution in [0, 0.1) is 5.82 Å². The minimum absolute atomic E-state index is 0.0232. The quantitative estimate of drug-likeness (QED) is 0.757. The van der Waals surface area contributed by atoms with Gasteiger partial charge in [0, 0.05) is 12.6 Å². The number of nitrogens with one attached hydrogen (secondary N) is 1. The summed E-state index contributed by atoms with van der Waals surface area (Å²) in [7, 11) is 1.59. The van der Waals surface area contributed by atoms with E-state index < -0.39 is 6.04 Å². The van der Waals surface area contributed by atoms with E-state index in [1.807, 2.05) is 38.1 Å². The van der Waals surface area contributed by atoms with Crippen molar-refractivity contribution in [2.75, 3.05) is 7.11 Å². The second-order valence-electron chi connectivity index (χ2n) is 7.01. The van der Waals surface area contributed by atoms with Crippen LogP contribution in [0.5, 0.6) is 5.75 Å². The zero-order valence-corrected chi connectivity index (χ0v) is 16.7. The van der Waals surface area contributed by atoms with E-state index in [0.717, 1.165) is 11.3 Å². The summed E-state index contributed by atoms with van der Waals surface area (Å²) in [5.74, 6) is -0.0423. The molecule has 1 atom stereocenters. The second-order valence-corrected chi connectivity index (χ2v) is 7.01. The normalized spacial score (nSPS) is 11.8. The first-order valence-corrected chi connectivity index (χ1v) is 9.27. The number of benzene rings is 2. The van der Waals surface area contributed by atoms with E-state index in [-0.39, 0.29) is 36.6 Å². The Morgan fingerprint density at radius 1 is 1.00 bits per heavy atom. The summed E-state index contributed by atoms with van der Waals surface area (Å²) in [6.45, 7) is 5.75. The van der Waals surface area contributed by atoms with Gasteiger partial charge in [0.2, 0.25) is 11.8 Å². The first kappa shape index (κ1) is 21.4. The zero-order valence-electron chi connectivity index (χ0n) is 16.7. The van der Waals surface area contributed by atoms with Crippen LogP contribution in [0.25, 0.3) is 0 Å². The maximum atomic E-state index is 13.1. The molecule has 5 nitrogen and oxygen atoms in total. The highest BCUT2D eigenvalue weighted by Gasteiger charge is 2.26. The summed E-state index contributed by atoms with van der Waals surface area (Å²) in [5, 5.41) is 2.85. The number of amides is 2. The molecular weight excluding hydrogens is 359 g/mol. The molecule has 0 aromatic heterocycles. The largest absolute Gasteiger partial charge is 0.497 e. The molecule has 0 saturated carbocycles. The molecule has 0 fully saturated rings. The SMILES string of the molecule is COc1ccc(CN(C(=O)Cc2ccc(F)cc2)C(C)C(=O)NC(C)C)cc1. The number of nitrogens with zero attached hydrogens (tertiary/aromatic N) is 1. The van der Waals surface area contributed by atoms with Crippen molar-refractivity contribution in [1.29, 1.82) is 0 Å². The first-order valence-electron chi connectivity index (χ1n) is 9.27. The predicted octanol–water partition coefficient (Wildman–Crippen LogP) is 3.32. The number of hydrogen-bond donors (Lipinski definition) is 1. The van der Waals surface area contributed by atoms with E-state index in [1.54, 1.807) is 31.1 Å². The van der Waals surface area contributed by atoms with E-state index in [4.69, 9.17) is 4.74 Å². The average Bonchev–Trinajstić information content (AvgIpc) is 2.67. The van der Waals surface area contributed by atoms with Crippen molar-refractivity contribution in [2.24, 2.45) is 0 Å². The Labute approximate surface area is 165 Å². The summed E-state index contributed by atoms with van der Waals surface area (Å²) < 4.78 is 18.3. The summed E-state index contributed by atoms with van der Waals surface area (Å²) in [6.07, 6.45) is 0.0930. The van der Waals surface area contributed by atoms with Crippen molar-refractivity contribution in [3.63, 3.8) is 0 Å². The number of carbonyl (C=O) groups excluding carboxylic acids is 2. The smallest absolute Gasteiger partial charge is 0.242 e. The fraction of sp³-hybridized carbons (Fsp3) is 0.364. The van der Waals surface area contributed by atoms with Crippen molar-refractivity contribution in [1.82, 2.24) is 10.2 Å². The Bertz CT molecular complexity index is 788. The van der Waals surface area contributed by atoms with Crippen molar-refractivity contribution < 1.29 is 18.7 Å². The van der Waals surface area contributed by atoms with E-state index in [2.05, 4.69) is 5.32 Å². The van der Waals surface area contributed by atoms with Gasteiger partial charge in [0.25, 0.3) is 0 Å². The third kappa shape index (κ3) is 6.08. The Hall–Kier alpha value is -2.89. The molecule has 0 heterocycles. The van der Waals surface area contributed by atoms with Crippen LogP contribution in [0.15, 0.2) is 48.5 Å². The molecule has 1 unspecified atom stereocenters. The summed E-state index contributed by atoms with van der Waals surface area (Å²) in [5.41, 5.74) is 1.58. The molecule has 0 radical (unpaired) electrons. The maximum Gasteiger partial charge on any atom is 0.242 e. The number of hydrogen-bond acceptors (Lipinski definition) is 3. The Morgan fingerprint density at radius 2 is 1.57 bits per heavy atom. The predicted molar refractivity (Wildman–Crippen MR) is 106 cm³/mol. The third-order valence-corrected chi connectivity index (χ3v) is 4.38. The lowest BCUT2D eigenvalue weighted by Gasteiger charge is -2.29. The molecule has 0 aliphatic heterocycles. The van der Waals surface area contributed by atoms with Crippen molar-refractivity contribution >= 4 is 11.8 Å². The molecule has 150 valence electrons. The highest BCUT2D eigenvalue weighted by atomic mass is 19.1. The van der Waals surface area contributed by atoms with Gasteiger partial charge in [-0.3, -0.25) is 9.59 Å². The minimum Gasteiger partial charge on any atom is -0.497 e. The van der Waals surface area contributed by atoms with Crippen molar-refractivity contribution in [2.45, 2.75) is 45.8 Å². The van der Waals surface area contributed by atoms with Crippen molar-refractivity contribution in [3.05, 3.63) is 65.5 Å². The van der Waals surface area contributed by atoms with Gasteiger partial charge in [-0.1, -0.05) is 24.3 Å². The lowest BCUT2D eigenvalue weighted by Crippen LogP contribution is -2.49. The van der Waals surface area contributed by atoms with Crippen LogP contribution in [-0.4, -0.2) is 35.9 Å². The van der Waals surface area contributed by atoms with Crippen LogP contribution in [0.2, 0.25) is 0 Å². The average molecular weight is 386 g/mol. The molecule has 28 heavy (non-hydrogen) atoms. The number of carbonyl (C=O) groups is 2. The molecule has 0 saturated heterocycles. The lowest BCUT2D eigenvalue weighted by molar-refractivity contribution is -0.140. The molecule has 2 rings (SSSR count). The standard InChI is InChI=1S/C22H27FN2O3/c1-15(2)24-22(27)16(3)25(14-18-7-11-20(28-4)12-8-18)21(26)13-17-5-9-19(23)10-6-17/h5-12,15-16H,13-14H2,1-4H3,(H,24,27). The highest BCUT2D eigenvalue weighted by Crippen LogP contribution is 2.16. The van der Waals surface area contributed by atoms with Gasteiger partial charge >= 0.3 is 0 Å². The van der Waals surface area contributed by atoms with Gasteiger partial charge in [-0.25, -0.2) is 4.39 Å². The van der Waals surface area contributed by atoms with E-state index in [1.165, 1.54) is 12.1 Å². The Morgan fingerprint density at radius 3 is 2.11 bits per heavy atom. The topological polar surface area (TPSA) is 58.6 Å². The summed E-state index contributed by atoms with van der Waals surface area (Å²) >= 11 is 0. The number of rotatable bonds is 8. The monoisotopic (exact) mass is 386 g/mol. The Kier molecular flexibility index (Phi) is 7.55. The first-order chi connectivity index (χ1) is 13.3. The van der Waals surface area contributed by atoms with E-state index >= 15 is 0 Å². The van der Waals surface area contributed by atoms with Gasteiger partial charge in [-0.15, -0.1) is 0 Å². The van der Waals surface area contributed by atoms with Gasteiger partial charge in [-0.05, 0) is 56.2 Å². The molecular formula is C22H27FN2O3. The molecule has 6 heteroatoms. The molecule has 1 N–H and O–H groups in total. The van der Waals surface area contributed by atoms with Crippen LogP contribution in [0.3, 0.4) is 0 Å². The summed E-state index contributed by atoms with van der Waals surface area (Å²) in [6, 6.07) is 12.5. The van der Waals surface area contributed by atoms with Crippen LogP contribution in [0.4, 0.5) is 4.39 Å². The lowest BCUT2D eigenvalue weighted by atomic mass is 10.1. The van der Waals surface area contributed by atoms with Gasteiger partial charge in [0.1, 0.15) is 17.6 Å². The zero-order chi connectivity index (χ0) is 20.7. The number of methoxy groups -OCH3 is 1. The molecule has 2 amide bonds. The van der Waals surface area contributed by atoms with Gasteiger partial charge in [0.05, 0.1) is 13.5 Å². The van der Waals surface area contributed by atoms with Gasteiger partial charge < -0.3 is 15.0 Å². The van der Waals surface area contributed by atoms with Gasteiger partial charge in [-0.2, -0.15) is 0 Å². The molecule has 0 bridgehead atoms. The summed E-state index contributed by atoms with van der Waals surface area (Å²) in [4.78, 5) is 27.0. The van der Waals surface area contributed by atoms with Crippen LogP contribution < -0.4 is 10.1 Å². The molecule has 2 aromatic carbocycles. The Balaban J connectivity index is 2.21. The van der Waals surface area contributed by atoms with Gasteiger partial charge in [0.15, 0.2) is 0 Å². The van der Waals surface area contributed by atoms with E-state index in [9.17, 15) is 14.0 Å². The molecule has 0 spiro atoms. The van der Waals surface area contributed by atoms with Crippen LogP contribution in [-0.2, 0) is 22.6 Å². The fourth-order valence-corrected chi connectivity index (χ4v) is 2.79. The molecule has 2 aromatic rings. The fourth-order valence-electron chi connectivity index (χ4n) is 2.79. The van der Waals surface area contributed by atoms with Crippen LogP contribution >= 0.6 is 0 Å². The second kappa shape index (κ2) is 9.88. The minimum atomic E-state index is -0.641. The van der Waals surface area contributed by atoms with Crippen LogP contribution in [0.1, 0.15) is 31.9 Å². The number of ether oxygens (including phenoxy) is 1. The molecule has 0 aliphatic carbocycles. The number of halogens is 1. The maximum absolute atomic E-state index is 13.1. The highest BCUT2D eigenvalue weighted by molar-refractivity contribution is 5.88. The van der Waals surface area contributed by atoms with Crippen molar-refractivity contribution in [3.8, 4) is 5.75 Å².